The zero-order valence-electron chi connectivity index (χ0n) is 20.1. The average molecular weight is 486 g/mol. The minimum absolute atomic E-state index is 0. The normalized spacial score (nSPS) is 10.8. The van der Waals surface area contributed by atoms with E-state index in [1.54, 1.807) is 14.2 Å². The van der Waals surface area contributed by atoms with Gasteiger partial charge in [0.25, 0.3) is 0 Å². The first kappa shape index (κ1) is 30.5. The molecule has 0 unspecified atom stereocenters. The highest BCUT2D eigenvalue weighted by Crippen LogP contribution is 2.27. The molecule has 0 aliphatic rings. The van der Waals surface area contributed by atoms with Crippen LogP contribution < -0.4 is 20.1 Å². The second-order valence-corrected chi connectivity index (χ2v) is 8.58. The van der Waals surface area contributed by atoms with Crippen LogP contribution in [-0.4, -0.2) is 39.4 Å². The summed E-state index contributed by atoms with van der Waals surface area (Å²) in [5.74, 6) is 1.59. The molecule has 0 saturated carbocycles. The van der Waals surface area contributed by atoms with E-state index in [1.807, 2.05) is 6.07 Å². The van der Waals surface area contributed by atoms with Crippen LogP contribution in [0.15, 0.2) is 48.5 Å². The van der Waals surface area contributed by atoms with Crippen molar-refractivity contribution in [2.24, 2.45) is 0 Å². The first-order valence-corrected chi connectivity index (χ1v) is 11.2. The summed E-state index contributed by atoms with van der Waals surface area (Å²) < 4.78 is 10.7. The van der Waals surface area contributed by atoms with Crippen molar-refractivity contribution in [3.05, 3.63) is 59.7 Å². The van der Waals surface area contributed by atoms with Gasteiger partial charge in [-0.3, -0.25) is 0 Å². The number of benzene rings is 2. The van der Waals surface area contributed by atoms with Gasteiger partial charge in [0.05, 0.1) is 14.2 Å². The highest BCUT2D eigenvalue weighted by molar-refractivity contribution is 5.85. The molecule has 0 fully saturated rings. The maximum Gasteiger partial charge on any atom is 0.160 e. The summed E-state index contributed by atoms with van der Waals surface area (Å²) in [5.41, 5.74) is 2.81. The summed E-state index contributed by atoms with van der Waals surface area (Å²) >= 11 is 0. The molecule has 4 nitrogen and oxygen atoms in total. The third-order valence-electron chi connectivity index (χ3n) is 5.41. The Balaban J connectivity index is 0.00000480. The molecule has 0 bridgehead atoms. The van der Waals surface area contributed by atoms with Crippen molar-refractivity contribution in [2.75, 3.05) is 33.9 Å². The highest BCUT2D eigenvalue weighted by atomic mass is 35.5. The number of nitrogens with one attached hydrogen (secondary N) is 2. The molecule has 0 amide bonds. The van der Waals surface area contributed by atoms with Crippen molar-refractivity contribution >= 4 is 24.8 Å². The Morgan fingerprint density at radius 1 is 0.719 bits per heavy atom. The van der Waals surface area contributed by atoms with E-state index in [-0.39, 0.29) is 30.4 Å². The summed E-state index contributed by atoms with van der Waals surface area (Å²) in [7, 11) is 3.35. The van der Waals surface area contributed by atoms with Gasteiger partial charge in [-0.1, -0.05) is 49.2 Å². The van der Waals surface area contributed by atoms with Crippen LogP contribution in [0.25, 0.3) is 0 Å². The Labute approximate surface area is 207 Å². The van der Waals surface area contributed by atoms with Gasteiger partial charge in [0, 0.05) is 5.54 Å². The van der Waals surface area contributed by atoms with Gasteiger partial charge in [-0.05, 0) is 82.4 Å². The van der Waals surface area contributed by atoms with Crippen molar-refractivity contribution in [3.8, 4) is 11.5 Å². The molecule has 0 saturated heterocycles. The topological polar surface area (TPSA) is 42.5 Å². The van der Waals surface area contributed by atoms with Crippen LogP contribution in [-0.2, 0) is 12.8 Å². The maximum atomic E-state index is 5.37. The van der Waals surface area contributed by atoms with E-state index in [2.05, 4.69) is 66.9 Å². The molecule has 0 aliphatic heterocycles. The lowest BCUT2D eigenvalue weighted by Gasteiger charge is -2.26. The number of hydrogen-bond donors (Lipinski definition) is 2. The van der Waals surface area contributed by atoms with Gasteiger partial charge >= 0.3 is 0 Å². The molecule has 2 rings (SSSR count). The summed E-state index contributed by atoms with van der Waals surface area (Å²) in [6, 6.07) is 16.9. The largest absolute Gasteiger partial charge is 0.493 e. The molecule has 0 spiro atoms. The SMILES string of the molecule is COc1ccc(CCNCCCCCCNC(C)(C)Cc2ccccc2)cc1OC.Cl.Cl. The number of halogens is 2. The van der Waals surface area contributed by atoms with Crippen LogP contribution in [0.3, 0.4) is 0 Å². The summed E-state index contributed by atoms with van der Waals surface area (Å²) in [4.78, 5) is 0. The second kappa shape index (κ2) is 17.1. The Bertz CT molecular complexity index is 727. The predicted octanol–water partition coefficient (Wildman–Crippen LogP) is 5.85. The number of rotatable bonds is 15. The summed E-state index contributed by atoms with van der Waals surface area (Å²) in [6.07, 6.45) is 7.11. The van der Waals surface area contributed by atoms with Crippen LogP contribution in [0, 0.1) is 0 Å². The monoisotopic (exact) mass is 484 g/mol. The van der Waals surface area contributed by atoms with Crippen molar-refractivity contribution in [2.45, 2.75) is 57.9 Å². The lowest BCUT2D eigenvalue weighted by molar-refractivity contribution is 0.354. The fourth-order valence-corrected chi connectivity index (χ4v) is 3.72. The molecule has 182 valence electrons. The summed E-state index contributed by atoms with van der Waals surface area (Å²) in [6.45, 7) is 7.75. The van der Waals surface area contributed by atoms with Gasteiger partial charge in [0.15, 0.2) is 11.5 Å². The van der Waals surface area contributed by atoms with E-state index in [9.17, 15) is 0 Å². The van der Waals surface area contributed by atoms with Crippen molar-refractivity contribution in [3.63, 3.8) is 0 Å². The Morgan fingerprint density at radius 2 is 1.38 bits per heavy atom. The molecule has 0 atom stereocenters. The van der Waals surface area contributed by atoms with Gasteiger partial charge in [-0.25, -0.2) is 0 Å². The zero-order chi connectivity index (χ0) is 21.7. The number of methoxy groups -OCH3 is 2. The van der Waals surface area contributed by atoms with Crippen LogP contribution in [0.1, 0.15) is 50.7 Å². The Hall–Kier alpha value is -1.46. The molecule has 2 aromatic carbocycles. The number of ether oxygens (including phenoxy) is 2. The standard InChI is InChI=1S/C26H40N2O2.2ClH/c1-26(2,21-23-12-8-7-9-13-23)28-18-11-6-5-10-17-27-19-16-22-14-15-24(29-3)25(20-22)30-4;;/h7-9,12-15,20,27-28H,5-6,10-11,16-19,21H2,1-4H3;2*1H. The predicted molar refractivity (Wildman–Crippen MR) is 141 cm³/mol. The van der Waals surface area contributed by atoms with Crippen LogP contribution >= 0.6 is 24.8 Å². The van der Waals surface area contributed by atoms with Gasteiger partial charge in [0.2, 0.25) is 0 Å². The van der Waals surface area contributed by atoms with E-state index >= 15 is 0 Å². The Kier molecular flexibility index (Phi) is 16.3. The van der Waals surface area contributed by atoms with E-state index in [4.69, 9.17) is 9.47 Å². The fourth-order valence-electron chi connectivity index (χ4n) is 3.72. The third kappa shape index (κ3) is 12.0. The first-order valence-electron chi connectivity index (χ1n) is 11.2. The second-order valence-electron chi connectivity index (χ2n) is 8.58. The number of unbranched alkanes of at least 4 members (excludes halogenated alkanes) is 3. The van der Waals surface area contributed by atoms with Crippen LogP contribution in [0.4, 0.5) is 0 Å². The lowest BCUT2D eigenvalue weighted by atomic mass is 9.95. The quantitative estimate of drug-likeness (QED) is 0.311. The van der Waals surface area contributed by atoms with Crippen LogP contribution in [0.5, 0.6) is 11.5 Å². The van der Waals surface area contributed by atoms with Gasteiger partial charge in [-0.15, -0.1) is 24.8 Å². The molecule has 0 heterocycles. The van der Waals surface area contributed by atoms with E-state index in [0.29, 0.717) is 0 Å². The minimum Gasteiger partial charge on any atom is -0.493 e. The fraction of sp³-hybridized carbons (Fsp3) is 0.538. The summed E-state index contributed by atoms with van der Waals surface area (Å²) in [5, 5.41) is 7.27. The maximum absolute atomic E-state index is 5.37. The van der Waals surface area contributed by atoms with Crippen molar-refractivity contribution in [1.82, 2.24) is 10.6 Å². The highest BCUT2D eigenvalue weighted by Gasteiger charge is 2.16. The smallest absolute Gasteiger partial charge is 0.160 e. The molecule has 0 aromatic heterocycles. The van der Waals surface area contributed by atoms with Gasteiger partial charge in [0.1, 0.15) is 0 Å². The number of hydrogen-bond acceptors (Lipinski definition) is 4. The van der Waals surface area contributed by atoms with E-state index < -0.39 is 0 Å². The lowest BCUT2D eigenvalue weighted by Crippen LogP contribution is -2.41. The molecule has 6 heteroatoms. The third-order valence-corrected chi connectivity index (χ3v) is 5.41. The minimum atomic E-state index is 0. The molecular formula is C26H42Cl2N2O2. The van der Waals surface area contributed by atoms with Crippen molar-refractivity contribution < 1.29 is 9.47 Å². The molecule has 2 aromatic rings. The van der Waals surface area contributed by atoms with Gasteiger partial charge < -0.3 is 20.1 Å². The molecular weight excluding hydrogens is 443 g/mol. The average Bonchev–Trinajstić information content (AvgIpc) is 2.75. The van der Waals surface area contributed by atoms with E-state index in [0.717, 1.165) is 44.0 Å². The Morgan fingerprint density at radius 3 is 2.03 bits per heavy atom. The van der Waals surface area contributed by atoms with E-state index in [1.165, 1.54) is 36.8 Å². The molecule has 32 heavy (non-hydrogen) atoms. The molecule has 0 aliphatic carbocycles. The molecule has 0 radical (unpaired) electrons. The molecule has 2 N–H and O–H groups in total. The first-order chi connectivity index (χ1) is 14.5. The zero-order valence-corrected chi connectivity index (χ0v) is 21.7. The van der Waals surface area contributed by atoms with Crippen molar-refractivity contribution in [1.29, 1.82) is 0 Å². The van der Waals surface area contributed by atoms with Gasteiger partial charge in [-0.2, -0.15) is 0 Å². The van der Waals surface area contributed by atoms with Crippen LogP contribution in [0.2, 0.25) is 0 Å².